The van der Waals surface area contributed by atoms with Gasteiger partial charge in [-0.15, -0.1) is 0 Å². The van der Waals surface area contributed by atoms with Gasteiger partial charge in [0, 0.05) is 50.7 Å². The third-order valence-corrected chi connectivity index (χ3v) is 4.49. The molecule has 23 heavy (non-hydrogen) atoms. The van der Waals surface area contributed by atoms with Crippen molar-refractivity contribution in [2.24, 2.45) is 0 Å². The van der Waals surface area contributed by atoms with E-state index in [9.17, 15) is 4.79 Å². The molecule has 4 nitrogen and oxygen atoms in total. The maximum Gasteiger partial charge on any atom is 0.254 e. The largest absolute Gasteiger partial charge is 0.336 e. The number of carbonyl (C=O) groups is 1. The lowest BCUT2D eigenvalue weighted by Gasteiger charge is -2.35. The van der Waals surface area contributed by atoms with E-state index in [1.54, 1.807) is 24.5 Å². The van der Waals surface area contributed by atoms with Gasteiger partial charge in [-0.1, -0.05) is 23.8 Å². The van der Waals surface area contributed by atoms with Gasteiger partial charge in [-0.05, 0) is 37.1 Å². The summed E-state index contributed by atoms with van der Waals surface area (Å²) in [6, 6.07) is 10.2. The summed E-state index contributed by atoms with van der Waals surface area (Å²) < 4.78 is 0. The molecule has 0 N–H and O–H groups in total. The molecule has 120 valence electrons. The summed E-state index contributed by atoms with van der Waals surface area (Å²) in [5.74, 6) is 0.110. The van der Waals surface area contributed by atoms with E-state index < -0.39 is 0 Å². The summed E-state index contributed by atoms with van der Waals surface area (Å²) in [4.78, 5) is 20.8. The maximum atomic E-state index is 12.4. The Balaban J connectivity index is 1.58. The first-order valence-corrected chi connectivity index (χ1v) is 8.11. The van der Waals surface area contributed by atoms with E-state index in [0.717, 1.165) is 38.3 Å². The first kappa shape index (κ1) is 15.7. The molecule has 1 amide bonds. The third kappa shape index (κ3) is 3.77. The van der Waals surface area contributed by atoms with Crippen molar-refractivity contribution in [2.45, 2.75) is 20.4 Å². The minimum Gasteiger partial charge on any atom is -0.336 e. The zero-order valence-electron chi connectivity index (χ0n) is 13.8. The van der Waals surface area contributed by atoms with Crippen LogP contribution in [0.3, 0.4) is 0 Å². The minimum atomic E-state index is 0.110. The molecule has 0 saturated carbocycles. The fraction of sp³-hybridized carbons (Fsp3) is 0.368. The van der Waals surface area contributed by atoms with Crippen molar-refractivity contribution in [1.82, 2.24) is 14.8 Å². The Morgan fingerprint density at radius 1 is 1.04 bits per heavy atom. The molecule has 0 radical (unpaired) electrons. The summed E-state index contributed by atoms with van der Waals surface area (Å²) in [6.45, 7) is 8.67. The summed E-state index contributed by atoms with van der Waals surface area (Å²) in [6.07, 6.45) is 3.34. The number of rotatable bonds is 3. The van der Waals surface area contributed by atoms with E-state index in [1.165, 1.54) is 16.7 Å². The third-order valence-electron chi connectivity index (χ3n) is 4.49. The van der Waals surface area contributed by atoms with E-state index in [-0.39, 0.29) is 5.91 Å². The molecular weight excluding hydrogens is 286 g/mol. The normalized spacial score (nSPS) is 15.7. The number of carbonyl (C=O) groups excluding carboxylic acids is 1. The van der Waals surface area contributed by atoms with Gasteiger partial charge in [0.1, 0.15) is 0 Å². The Morgan fingerprint density at radius 3 is 2.43 bits per heavy atom. The van der Waals surface area contributed by atoms with Crippen LogP contribution in [0, 0.1) is 13.8 Å². The Hall–Kier alpha value is -2.20. The van der Waals surface area contributed by atoms with Crippen LogP contribution in [0.25, 0.3) is 0 Å². The lowest BCUT2D eigenvalue weighted by atomic mass is 10.0. The molecule has 1 fully saturated rings. The molecular formula is C19H23N3O. The van der Waals surface area contributed by atoms with Gasteiger partial charge in [0.25, 0.3) is 5.91 Å². The highest BCUT2D eigenvalue weighted by atomic mass is 16.2. The van der Waals surface area contributed by atoms with Crippen molar-refractivity contribution < 1.29 is 4.79 Å². The highest BCUT2D eigenvalue weighted by molar-refractivity contribution is 5.94. The second kappa shape index (κ2) is 6.92. The predicted octanol–water partition coefficient (Wildman–Crippen LogP) is 2.66. The standard InChI is InChI=1S/C19H23N3O/c1-15-3-4-16(2)18(13-15)14-21-9-11-22(12-10-21)19(23)17-5-7-20-8-6-17/h3-8,13H,9-12,14H2,1-2H3. The summed E-state index contributed by atoms with van der Waals surface area (Å²) in [5, 5.41) is 0. The molecule has 2 aromatic rings. The maximum absolute atomic E-state index is 12.4. The molecule has 1 aliphatic heterocycles. The number of aryl methyl sites for hydroxylation is 2. The van der Waals surface area contributed by atoms with Crippen molar-refractivity contribution in [3.05, 3.63) is 65.0 Å². The zero-order valence-corrected chi connectivity index (χ0v) is 13.8. The van der Waals surface area contributed by atoms with E-state index in [1.807, 2.05) is 4.90 Å². The van der Waals surface area contributed by atoms with E-state index in [2.05, 4.69) is 41.9 Å². The number of aromatic nitrogens is 1. The van der Waals surface area contributed by atoms with Crippen LogP contribution in [0.15, 0.2) is 42.7 Å². The molecule has 4 heteroatoms. The van der Waals surface area contributed by atoms with Crippen molar-refractivity contribution in [2.75, 3.05) is 26.2 Å². The second-order valence-electron chi connectivity index (χ2n) is 6.23. The number of amides is 1. The SMILES string of the molecule is Cc1ccc(C)c(CN2CCN(C(=O)c3ccncc3)CC2)c1. The molecule has 0 unspecified atom stereocenters. The van der Waals surface area contributed by atoms with Crippen molar-refractivity contribution in [1.29, 1.82) is 0 Å². The van der Waals surface area contributed by atoms with E-state index in [4.69, 9.17) is 0 Å². The Kier molecular flexibility index (Phi) is 4.72. The molecule has 1 aromatic carbocycles. The first-order valence-electron chi connectivity index (χ1n) is 8.11. The van der Waals surface area contributed by atoms with Gasteiger partial charge < -0.3 is 4.90 Å². The molecule has 1 saturated heterocycles. The predicted molar refractivity (Wildman–Crippen MR) is 91.3 cm³/mol. The fourth-order valence-corrected chi connectivity index (χ4v) is 3.00. The van der Waals surface area contributed by atoms with Crippen LogP contribution in [-0.4, -0.2) is 46.9 Å². The van der Waals surface area contributed by atoms with E-state index >= 15 is 0 Å². The zero-order chi connectivity index (χ0) is 16.2. The lowest BCUT2D eigenvalue weighted by molar-refractivity contribution is 0.0628. The number of nitrogens with zero attached hydrogens (tertiary/aromatic N) is 3. The van der Waals surface area contributed by atoms with Crippen LogP contribution >= 0.6 is 0 Å². The number of piperazine rings is 1. The van der Waals surface area contributed by atoms with Crippen molar-refractivity contribution in [3.8, 4) is 0 Å². The average molecular weight is 309 g/mol. The molecule has 1 aromatic heterocycles. The second-order valence-corrected chi connectivity index (χ2v) is 6.23. The monoisotopic (exact) mass is 309 g/mol. The van der Waals surface area contributed by atoms with Crippen molar-refractivity contribution >= 4 is 5.91 Å². The number of benzene rings is 1. The number of hydrogen-bond acceptors (Lipinski definition) is 3. The smallest absolute Gasteiger partial charge is 0.254 e. The van der Waals surface area contributed by atoms with Crippen LogP contribution in [0.4, 0.5) is 0 Å². The molecule has 0 aliphatic carbocycles. The Bertz CT molecular complexity index is 676. The molecule has 0 spiro atoms. The highest BCUT2D eigenvalue weighted by Gasteiger charge is 2.22. The van der Waals surface area contributed by atoms with Crippen LogP contribution < -0.4 is 0 Å². The minimum absolute atomic E-state index is 0.110. The Labute approximate surface area is 137 Å². The van der Waals surface area contributed by atoms with Gasteiger partial charge in [-0.25, -0.2) is 0 Å². The number of pyridine rings is 1. The van der Waals surface area contributed by atoms with Gasteiger partial charge in [0.2, 0.25) is 0 Å². The van der Waals surface area contributed by atoms with Gasteiger partial charge in [0.05, 0.1) is 0 Å². The van der Waals surface area contributed by atoms with Gasteiger partial charge >= 0.3 is 0 Å². The molecule has 3 rings (SSSR count). The summed E-state index contributed by atoms with van der Waals surface area (Å²) in [5.41, 5.74) is 4.75. The Morgan fingerprint density at radius 2 is 1.74 bits per heavy atom. The molecule has 2 heterocycles. The van der Waals surface area contributed by atoms with Crippen LogP contribution in [0.1, 0.15) is 27.0 Å². The topological polar surface area (TPSA) is 36.4 Å². The quantitative estimate of drug-likeness (QED) is 0.874. The average Bonchev–Trinajstić information content (AvgIpc) is 2.59. The van der Waals surface area contributed by atoms with Gasteiger partial charge in [-0.3, -0.25) is 14.7 Å². The van der Waals surface area contributed by atoms with Crippen LogP contribution in [0.2, 0.25) is 0 Å². The highest BCUT2D eigenvalue weighted by Crippen LogP contribution is 2.15. The molecule has 0 bridgehead atoms. The van der Waals surface area contributed by atoms with Crippen molar-refractivity contribution in [3.63, 3.8) is 0 Å². The molecule has 1 aliphatic rings. The van der Waals surface area contributed by atoms with E-state index in [0.29, 0.717) is 0 Å². The van der Waals surface area contributed by atoms with Crippen LogP contribution in [0.5, 0.6) is 0 Å². The summed E-state index contributed by atoms with van der Waals surface area (Å²) in [7, 11) is 0. The van der Waals surface area contributed by atoms with Crippen LogP contribution in [-0.2, 0) is 6.54 Å². The van der Waals surface area contributed by atoms with Gasteiger partial charge in [0.15, 0.2) is 0 Å². The fourth-order valence-electron chi connectivity index (χ4n) is 3.00. The van der Waals surface area contributed by atoms with Gasteiger partial charge in [-0.2, -0.15) is 0 Å². The first-order chi connectivity index (χ1) is 11.1. The molecule has 0 atom stereocenters. The lowest BCUT2D eigenvalue weighted by Crippen LogP contribution is -2.48. The summed E-state index contributed by atoms with van der Waals surface area (Å²) >= 11 is 0. The number of hydrogen-bond donors (Lipinski definition) is 0.